The van der Waals surface area contributed by atoms with E-state index >= 15 is 0 Å². The Labute approximate surface area is 294 Å². The van der Waals surface area contributed by atoms with Crippen molar-refractivity contribution in [1.82, 2.24) is 14.7 Å². The molecule has 2 amide bonds. The minimum atomic E-state index is -1.45. The number of aliphatic hydroxyl groups is 2. The zero-order chi connectivity index (χ0) is 35.4. The molecule has 10 heteroatoms. The summed E-state index contributed by atoms with van der Waals surface area (Å²) < 4.78 is 11.9. The predicted molar refractivity (Wildman–Crippen MR) is 191 cm³/mol. The third-order valence-electron chi connectivity index (χ3n) is 11.0. The van der Waals surface area contributed by atoms with E-state index in [0.717, 1.165) is 51.0 Å². The van der Waals surface area contributed by atoms with Crippen molar-refractivity contribution in [1.29, 1.82) is 0 Å². The van der Waals surface area contributed by atoms with Crippen LogP contribution in [0, 0.1) is 11.8 Å². The number of nitrogens with zero attached hydrogens (tertiary/aromatic N) is 3. The van der Waals surface area contributed by atoms with Gasteiger partial charge in [0.1, 0.15) is 11.7 Å². The van der Waals surface area contributed by atoms with E-state index in [1.54, 1.807) is 17.9 Å². The fraction of sp³-hybridized carbons (Fsp3) is 0.769. The average molecular weight is 686 g/mol. The van der Waals surface area contributed by atoms with Crippen LogP contribution in [0.5, 0.6) is 0 Å². The molecule has 276 valence electrons. The highest BCUT2D eigenvalue weighted by Gasteiger charge is 2.37. The first-order valence-corrected chi connectivity index (χ1v) is 19.0. The molecule has 4 rings (SSSR count). The molecule has 3 heterocycles. The first-order valence-electron chi connectivity index (χ1n) is 19.0. The van der Waals surface area contributed by atoms with E-state index in [-0.39, 0.29) is 37.0 Å². The second kappa shape index (κ2) is 19.1. The molecule has 1 saturated carbocycles. The van der Waals surface area contributed by atoms with Crippen LogP contribution in [0.4, 0.5) is 4.79 Å². The van der Waals surface area contributed by atoms with Crippen LogP contribution in [0.25, 0.3) is 0 Å². The van der Waals surface area contributed by atoms with Gasteiger partial charge in [0.2, 0.25) is 5.91 Å². The largest absolute Gasteiger partial charge is 0.457 e. The van der Waals surface area contributed by atoms with Crippen LogP contribution in [-0.2, 0) is 19.1 Å². The zero-order valence-electron chi connectivity index (χ0n) is 30.6. The average Bonchev–Trinajstić information content (AvgIpc) is 3.49. The molecule has 2 N–H and O–H groups in total. The van der Waals surface area contributed by atoms with Crippen molar-refractivity contribution in [3.63, 3.8) is 0 Å². The molecule has 0 bridgehead atoms. The summed E-state index contributed by atoms with van der Waals surface area (Å²) in [6, 6.07) is 0.595. The molecule has 3 aliphatic heterocycles. The molecule has 0 aromatic heterocycles. The molecule has 10 nitrogen and oxygen atoms in total. The van der Waals surface area contributed by atoms with Crippen LogP contribution in [-0.4, -0.2) is 112 Å². The van der Waals surface area contributed by atoms with Crippen LogP contribution in [0.2, 0.25) is 0 Å². The minimum Gasteiger partial charge on any atom is -0.457 e. The summed E-state index contributed by atoms with van der Waals surface area (Å²) in [6.45, 7) is 12.1. The number of likely N-dealkylation sites (tertiary alicyclic amines) is 1. The molecule has 1 aliphatic carbocycles. The first-order chi connectivity index (χ1) is 23.4. The fourth-order valence-electron chi connectivity index (χ4n) is 7.59. The molecule has 0 aromatic carbocycles. The number of carbonyl (C=O) groups is 3. The molecule has 0 aromatic rings. The number of hydrogen-bond acceptors (Lipinski definition) is 8. The van der Waals surface area contributed by atoms with Gasteiger partial charge in [0, 0.05) is 57.6 Å². The van der Waals surface area contributed by atoms with Gasteiger partial charge in [-0.3, -0.25) is 14.5 Å². The Balaban J connectivity index is 1.40. The lowest BCUT2D eigenvalue weighted by Crippen LogP contribution is -2.53. The van der Waals surface area contributed by atoms with E-state index in [1.807, 2.05) is 37.0 Å². The normalized spacial score (nSPS) is 31.8. The maximum atomic E-state index is 13.4. The standard InChI is InChI=1S/C39H63N3O7/c1-29(16-19-35(44)41-22-9-10-23-41)12-11-13-30(2)37-31(3)17-18-34(39(4,47)21-20-33(43)28-36(45)49-37)48-38(46)42-26-24-40(25-27-42)32-14-7-5-6-8-15-32/h11-13,17-18,29,31-34,37,43,47H,5-10,14-16,19-28H2,1-4H3/b12-11+,18-17+,30-13+/t29-,31+,33+,34+,37-,39+/m1/s1. The lowest BCUT2D eigenvalue weighted by molar-refractivity contribution is -0.151. The van der Waals surface area contributed by atoms with Crippen molar-refractivity contribution in [3.05, 3.63) is 36.0 Å². The monoisotopic (exact) mass is 685 g/mol. The summed E-state index contributed by atoms with van der Waals surface area (Å²) in [7, 11) is 0. The van der Waals surface area contributed by atoms with Crippen LogP contribution < -0.4 is 0 Å². The molecule has 0 radical (unpaired) electrons. The number of amides is 2. The van der Waals surface area contributed by atoms with Crippen molar-refractivity contribution >= 4 is 18.0 Å². The van der Waals surface area contributed by atoms with Gasteiger partial charge < -0.3 is 29.5 Å². The summed E-state index contributed by atoms with van der Waals surface area (Å²) in [5.41, 5.74) is -0.631. The molecule has 3 fully saturated rings. The summed E-state index contributed by atoms with van der Waals surface area (Å²) in [4.78, 5) is 45.0. The molecule has 4 aliphatic rings. The molecule has 0 spiro atoms. The van der Waals surface area contributed by atoms with Gasteiger partial charge in [-0.05, 0) is 76.4 Å². The lowest BCUT2D eigenvalue weighted by Gasteiger charge is -2.40. The smallest absolute Gasteiger partial charge is 0.410 e. The van der Waals surface area contributed by atoms with E-state index in [2.05, 4.69) is 17.9 Å². The Hall–Kier alpha value is -2.69. The van der Waals surface area contributed by atoms with E-state index in [1.165, 1.54) is 38.5 Å². The van der Waals surface area contributed by atoms with E-state index < -0.39 is 36.0 Å². The Morgan fingerprint density at radius 2 is 1.67 bits per heavy atom. The Morgan fingerprint density at radius 3 is 2.35 bits per heavy atom. The topological polar surface area (TPSA) is 120 Å². The number of ether oxygens (including phenoxy) is 2. The number of aliphatic hydroxyl groups excluding tert-OH is 1. The SMILES string of the molecule is C/C(=C\C=C\[C@@H](C)CCC(=O)N1CCCC1)[C@H]1OC(=O)C[C@@H](O)CC[C@](C)(O)[C@@H](OC(=O)N2CCN(C3CCCCCC3)CC2)/C=C/[C@@H]1C. The molecule has 6 atom stereocenters. The van der Waals surface area contributed by atoms with Crippen LogP contribution >= 0.6 is 0 Å². The van der Waals surface area contributed by atoms with Crippen molar-refractivity contribution in [3.8, 4) is 0 Å². The maximum absolute atomic E-state index is 13.4. The van der Waals surface area contributed by atoms with Gasteiger partial charge in [-0.15, -0.1) is 0 Å². The minimum absolute atomic E-state index is 0.141. The third kappa shape index (κ3) is 12.2. The fourth-order valence-corrected chi connectivity index (χ4v) is 7.59. The number of allylic oxidation sites excluding steroid dienone is 3. The highest BCUT2D eigenvalue weighted by molar-refractivity contribution is 5.76. The van der Waals surface area contributed by atoms with Crippen molar-refractivity contribution in [2.24, 2.45) is 11.8 Å². The molecule has 0 unspecified atom stereocenters. The second-order valence-corrected chi connectivity index (χ2v) is 15.3. The van der Waals surface area contributed by atoms with Gasteiger partial charge in [-0.1, -0.05) is 63.8 Å². The molecule has 49 heavy (non-hydrogen) atoms. The van der Waals surface area contributed by atoms with E-state index in [0.29, 0.717) is 25.6 Å². The Bertz CT molecular complexity index is 1160. The summed E-state index contributed by atoms with van der Waals surface area (Å²) in [5.74, 6) is -0.377. The highest BCUT2D eigenvalue weighted by atomic mass is 16.6. The van der Waals surface area contributed by atoms with Crippen molar-refractivity contribution in [2.45, 2.75) is 141 Å². The first kappa shape index (κ1) is 39.1. The quantitative estimate of drug-likeness (QED) is 0.143. The highest BCUT2D eigenvalue weighted by Crippen LogP contribution is 2.28. The van der Waals surface area contributed by atoms with Gasteiger partial charge in [-0.2, -0.15) is 0 Å². The van der Waals surface area contributed by atoms with Crippen molar-refractivity contribution < 1.29 is 34.1 Å². The van der Waals surface area contributed by atoms with Crippen LogP contribution in [0.3, 0.4) is 0 Å². The van der Waals surface area contributed by atoms with E-state index in [4.69, 9.17) is 9.47 Å². The summed E-state index contributed by atoms with van der Waals surface area (Å²) >= 11 is 0. The number of rotatable bonds is 8. The summed E-state index contributed by atoms with van der Waals surface area (Å²) in [6.07, 6.45) is 17.7. The second-order valence-electron chi connectivity index (χ2n) is 15.3. The molecular formula is C39H63N3O7. The third-order valence-corrected chi connectivity index (χ3v) is 11.0. The lowest BCUT2D eigenvalue weighted by atomic mass is 9.88. The van der Waals surface area contributed by atoms with Gasteiger partial charge in [-0.25, -0.2) is 4.79 Å². The Kier molecular flexibility index (Phi) is 15.2. The number of piperazine rings is 1. The number of carbonyl (C=O) groups excluding carboxylic acids is 3. The van der Waals surface area contributed by atoms with Gasteiger partial charge in [0.05, 0.1) is 12.5 Å². The van der Waals surface area contributed by atoms with Crippen molar-refractivity contribution in [2.75, 3.05) is 39.3 Å². The number of esters is 1. The summed E-state index contributed by atoms with van der Waals surface area (Å²) in [5, 5.41) is 22.2. The maximum Gasteiger partial charge on any atom is 0.410 e. The predicted octanol–water partition coefficient (Wildman–Crippen LogP) is 5.77. The van der Waals surface area contributed by atoms with E-state index in [9.17, 15) is 24.6 Å². The van der Waals surface area contributed by atoms with Gasteiger partial charge in [0.25, 0.3) is 0 Å². The van der Waals surface area contributed by atoms with Gasteiger partial charge in [0.15, 0.2) is 6.10 Å². The number of cyclic esters (lactones) is 1. The molecule has 2 saturated heterocycles. The molecular weight excluding hydrogens is 622 g/mol. The number of hydrogen-bond donors (Lipinski definition) is 2. The van der Waals surface area contributed by atoms with Gasteiger partial charge >= 0.3 is 12.1 Å². The van der Waals surface area contributed by atoms with Crippen LogP contribution in [0.1, 0.15) is 111 Å². The zero-order valence-corrected chi connectivity index (χ0v) is 30.6. The van der Waals surface area contributed by atoms with Crippen LogP contribution in [0.15, 0.2) is 36.0 Å². The Morgan fingerprint density at radius 1 is 1.00 bits per heavy atom.